The van der Waals surface area contributed by atoms with Gasteiger partial charge in [-0.2, -0.15) is 11.8 Å². The van der Waals surface area contributed by atoms with Crippen LogP contribution in [-0.2, 0) is 6.54 Å². The first kappa shape index (κ1) is 17.6. The minimum Gasteiger partial charge on any atom is -0.374 e. The van der Waals surface area contributed by atoms with Crippen LogP contribution in [0.15, 0.2) is 58.3 Å². The van der Waals surface area contributed by atoms with Crippen LogP contribution in [0.2, 0.25) is 0 Å². The Morgan fingerprint density at radius 2 is 1.70 bits per heavy atom. The summed E-state index contributed by atoms with van der Waals surface area (Å²) in [6, 6.07) is 13.6. The Bertz CT molecular complexity index is 976. The van der Waals surface area contributed by atoms with Gasteiger partial charge in [0.05, 0.1) is 12.2 Å². The van der Waals surface area contributed by atoms with Crippen molar-refractivity contribution in [3.63, 3.8) is 0 Å². The zero-order valence-electron chi connectivity index (χ0n) is 14.8. The molecule has 2 heterocycles. The molecule has 1 aromatic heterocycles. The van der Waals surface area contributed by atoms with E-state index in [1.807, 2.05) is 54.2 Å². The highest BCUT2D eigenvalue weighted by Crippen LogP contribution is 2.25. The second-order valence-corrected chi connectivity index (χ2v) is 7.58. The number of nitrogens with one attached hydrogen (secondary N) is 2. The quantitative estimate of drug-likeness (QED) is 0.637. The molecule has 0 bridgehead atoms. The first-order valence-electron chi connectivity index (χ1n) is 8.89. The number of benzene rings is 1. The van der Waals surface area contributed by atoms with E-state index in [4.69, 9.17) is 0 Å². The summed E-state index contributed by atoms with van der Waals surface area (Å²) < 4.78 is 0. The number of hydrogen-bond donors (Lipinski definition) is 2. The average molecular weight is 380 g/mol. The van der Waals surface area contributed by atoms with E-state index < -0.39 is 10.9 Å². The molecule has 2 aromatic carbocycles. The first-order valence-corrected chi connectivity index (χ1v) is 10.0. The predicted octanol–water partition coefficient (Wildman–Crippen LogP) is 2.59. The summed E-state index contributed by atoms with van der Waals surface area (Å²) >= 11 is 1.98. The fraction of sp³-hybridized carbons (Fsp3) is 0.250. The fourth-order valence-electron chi connectivity index (χ4n) is 3.08. The van der Waals surface area contributed by atoms with Crippen molar-refractivity contribution >= 4 is 34.5 Å². The lowest BCUT2D eigenvalue weighted by Gasteiger charge is -2.28. The van der Waals surface area contributed by atoms with E-state index in [1.54, 1.807) is 6.20 Å². The Kier molecular flexibility index (Phi) is 5.11. The number of thioether (sulfide) groups is 1. The van der Waals surface area contributed by atoms with Crippen LogP contribution in [0.5, 0.6) is 0 Å². The Balaban J connectivity index is 1.44. The minimum absolute atomic E-state index is 0.318. The molecule has 4 rings (SSSR count). The van der Waals surface area contributed by atoms with Crippen LogP contribution in [0.3, 0.4) is 0 Å². The molecule has 1 aliphatic heterocycles. The monoisotopic (exact) mass is 380 g/mol. The van der Waals surface area contributed by atoms with E-state index in [2.05, 4.69) is 20.5 Å². The molecule has 138 valence electrons. The van der Waals surface area contributed by atoms with Gasteiger partial charge in [0.15, 0.2) is 0 Å². The largest absolute Gasteiger partial charge is 0.374 e. The molecular formula is C20H20N4O2S. The van der Waals surface area contributed by atoms with Crippen LogP contribution < -0.4 is 26.4 Å². The number of anilines is 4. The maximum absolute atomic E-state index is 12.0. The number of aromatic nitrogens is 1. The number of nitrogens with zero attached hydrogens (tertiary/aromatic N) is 2. The smallest absolute Gasteiger partial charge is 0.253 e. The van der Waals surface area contributed by atoms with Crippen molar-refractivity contribution in [3.8, 4) is 0 Å². The molecule has 0 radical (unpaired) electrons. The zero-order chi connectivity index (χ0) is 18.6. The van der Waals surface area contributed by atoms with Gasteiger partial charge in [-0.25, -0.2) is 0 Å². The van der Waals surface area contributed by atoms with Gasteiger partial charge in [-0.1, -0.05) is 6.07 Å². The third-order valence-electron chi connectivity index (χ3n) is 4.60. The molecule has 27 heavy (non-hydrogen) atoms. The average Bonchev–Trinajstić information content (AvgIpc) is 2.74. The Hall–Kier alpha value is -2.80. The molecule has 1 aliphatic rings. The second kappa shape index (κ2) is 7.84. The van der Waals surface area contributed by atoms with Gasteiger partial charge in [0.1, 0.15) is 11.4 Å². The van der Waals surface area contributed by atoms with E-state index in [0.717, 1.165) is 36.0 Å². The summed E-state index contributed by atoms with van der Waals surface area (Å²) in [5.74, 6) is 2.30. The van der Waals surface area contributed by atoms with E-state index in [0.29, 0.717) is 17.9 Å². The summed E-state index contributed by atoms with van der Waals surface area (Å²) in [5, 5.41) is 6.10. The van der Waals surface area contributed by atoms with Crippen molar-refractivity contribution in [1.82, 2.24) is 4.98 Å². The fourth-order valence-corrected chi connectivity index (χ4v) is 3.99. The molecule has 3 aromatic rings. The lowest BCUT2D eigenvalue weighted by Crippen LogP contribution is -2.36. The molecule has 1 saturated heterocycles. The van der Waals surface area contributed by atoms with E-state index >= 15 is 0 Å². The van der Waals surface area contributed by atoms with Crippen molar-refractivity contribution < 1.29 is 0 Å². The lowest BCUT2D eigenvalue weighted by atomic mass is 10.1. The van der Waals surface area contributed by atoms with Gasteiger partial charge in [0, 0.05) is 42.2 Å². The molecule has 0 atom stereocenters. The number of hydrogen-bond acceptors (Lipinski definition) is 7. The molecule has 0 aliphatic carbocycles. The van der Waals surface area contributed by atoms with Crippen molar-refractivity contribution in [3.05, 3.63) is 74.8 Å². The molecule has 7 heteroatoms. The summed E-state index contributed by atoms with van der Waals surface area (Å²) in [6.45, 7) is 2.50. The molecule has 6 nitrogen and oxygen atoms in total. The summed E-state index contributed by atoms with van der Waals surface area (Å²) in [4.78, 5) is 30.4. The van der Waals surface area contributed by atoms with E-state index in [1.165, 1.54) is 5.69 Å². The van der Waals surface area contributed by atoms with Gasteiger partial charge in [-0.3, -0.25) is 14.6 Å². The highest BCUT2D eigenvalue weighted by atomic mass is 32.2. The van der Waals surface area contributed by atoms with Crippen LogP contribution in [0, 0.1) is 0 Å². The Morgan fingerprint density at radius 1 is 0.963 bits per heavy atom. The summed E-state index contributed by atoms with van der Waals surface area (Å²) in [6.07, 6.45) is 1.70. The van der Waals surface area contributed by atoms with Crippen LogP contribution in [-0.4, -0.2) is 29.6 Å². The molecular weight excluding hydrogens is 360 g/mol. The highest BCUT2D eigenvalue weighted by Gasteiger charge is 2.21. The Labute approximate surface area is 161 Å². The van der Waals surface area contributed by atoms with Crippen molar-refractivity contribution in [2.75, 3.05) is 40.1 Å². The van der Waals surface area contributed by atoms with Crippen LogP contribution in [0.1, 0.15) is 5.69 Å². The maximum Gasteiger partial charge on any atom is 0.253 e. The summed E-state index contributed by atoms with van der Waals surface area (Å²) in [7, 11) is 0. The predicted molar refractivity (Wildman–Crippen MR) is 112 cm³/mol. The third kappa shape index (κ3) is 3.83. The number of pyridine rings is 1. The zero-order valence-corrected chi connectivity index (χ0v) is 15.6. The van der Waals surface area contributed by atoms with Gasteiger partial charge in [-0.05, 0) is 36.4 Å². The standard InChI is InChI=1S/C20H20N4O2S/c25-19-17(22-13-15-3-1-2-8-21-15)18(20(19)26)23-14-4-6-16(7-5-14)24-9-11-27-12-10-24/h1-8,22-23H,9-13H2. The van der Waals surface area contributed by atoms with Crippen LogP contribution >= 0.6 is 11.8 Å². The molecule has 0 unspecified atom stereocenters. The van der Waals surface area contributed by atoms with E-state index in [9.17, 15) is 9.59 Å². The molecule has 1 fully saturated rings. The summed E-state index contributed by atoms with van der Waals surface area (Å²) in [5.41, 5.74) is 2.44. The first-order chi connectivity index (χ1) is 13.2. The van der Waals surface area contributed by atoms with Crippen LogP contribution in [0.4, 0.5) is 22.7 Å². The minimum atomic E-state index is -0.490. The molecule has 2 N–H and O–H groups in total. The van der Waals surface area contributed by atoms with Crippen molar-refractivity contribution in [2.45, 2.75) is 6.54 Å². The van der Waals surface area contributed by atoms with Gasteiger partial charge >= 0.3 is 0 Å². The molecule has 0 saturated carbocycles. The topological polar surface area (TPSA) is 74.3 Å². The van der Waals surface area contributed by atoms with Gasteiger partial charge in [-0.15, -0.1) is 0 Å². The van der Waals surface area contributed by atoms with Gasteiger partial charge < -0.3 is 15.5 Å². The van der Waals surface area contributed by atoms with Gasteiger partial charge in [0.25, 0.3) is 10.9 Å². The second-order valence-electron chi connectivity index (χ2n) is 6.35. The third-order valence-corrected chi connectivity index (χ3v) is 5.54. The molecule has 0 spiro atoms. The SMILES string of the molecule is O=c1c(NCc2ccccn2)c(Nc2ccc(N3CCSCC3)cc2)c1=O. The van der Waals surface area contributed by atoms with Crippen molar-refractivity contribution in [1.29, 1.82) is 0 Å². The number of rotatable bonds is 6. The van der Waals surface area contributed by atoms with Gasteiger partial charge in [0.2, 0.25) is 0 Å². The van der Waals surface area contributed by atoms with Crippen LogP contribution in [0.25, 0.3) is 0 Å². The Morgan fingerprint density at radius 3 is 2.41 bits per heavy atom. The van der Waals surface area contributed by atoms with E-state index in [-0.39, 0.29) is 0 Å². The normalized spacial score (nSPS) is 14.3. The lowest BCUT2D eigenvalue weighted by molar-refractivity contribution is 0.859. The maximum atomic E-state index is 12.0. The highest BCUT2D eigenvalue weighted by molar-refractivity contribution is 7.99. The van der Waals surface area contributed by atoms with Crippen molar-refractivity contribution in [2.24, 2.45) is 0 Å². The molecule has 0 amide bonds.